The molecule has 3 aliphatic heterocycles. The molecule has 0 unspecified atom stereocenters. The third-order valence-electron chi connectivity index (χ3n) is 7.51. The van der Waals surface area contributed by atoms with E-state index in [-0.39, 0.29) is 17.8 Å². The van der Waals surface area contributed by atoms with Crippen LogP contribution in [0.1, 0.15) is 36.0 Å². The van der Waals surface area contributed by atoms with Gasteiger partial charge in [-0.1, -0.05) is 11.6 Å². The Morgan fingerprint density at radius 1 is 1.00 bits per heavy atom. The normalized spacial score (nSPS) is 19.9. The second-order valence-electron chi connectivity index (χ2n) is 10.0. The van der Waals surface area contributed by atoms with Crippen LogP contribution in [-0.4, -0.2) is 74.5 Å². The molecule has 0 spiro atoms. The summed E-state index contributed by atoms with van der Waals surface area (Å²) < 4.78 is 53.8. The molecule has 1 aromatic carbocycles. The maximum atomic E-state index is 13.3. The lowest BCUT2D eigenvalue weighted by atomic mass is 9.95. The van der Waals surface area contributed by atoms with Gasteiger partial charge in [-0.15, -0.1) is 10.2 Å². The molecule has 2 saturated heterocycles. The molecule has 37 heavy (non-hydrogen) atoms. The first-order valence-electron chi connectivity index (χ1n) is 12.4. The van der Waals surface area contributed by atoms with E-state index in [4.69, 9.17) is 11.6 Å². The molecule has 0 atom stereocenters. The monoisotopic (exact) mass is 535 g/mol. The second kappa shape index (κ2) is 9.52. The molecule has 196 valence electrons. The highest BCUT2D eigenvalue weighted by Crippen LogP contribution is 2.35. The van der Waals surface area contributed by atoms with Crippen LogP contribution in [0.2, 0.25) is 5.02 Å². The van der Waals surface area contributed by atoms with Gasteiger partial charge in [-0.25, -0.2) is 9.37 Å². The Kier molecular flexibility index (Phi) is 6.32. The highest BCUT2D eigenvalue weighted by molar-refractivity contribution is 6.30. The number of nitrogens with zero attached hydrogens (tertiary/aromatic N) is 7. The van der Waals surface area contributed by atoms with E-state index in [9.17, 15) is 17.6 Å². The Hall–Kier alpha value is -2.76. The lowest BCUT2D eigenvalue weighted by Gasteiger charge is -2.45. The molecule has 0 N–H and O–H groups in total. The number of fused-ring (bicyclic) bond motifs is 3. The smallest absolute Gasteiger partial charge is 0.357 e. The van der Waals surface area contributed by atoms with Crippen LogP contribution in [0.3, 0.4) is 0 Å². The molecule has 0 saturated carbocycles. The molecule has 7 nitrogen and oxygen atoms in total. The van der Waals surface area contributed by atoms with Gasteiger partial charge in [0.25, 0.3) is 0 Å². The molecule has 0 amide bonds. The molecule has 0 aliphatic carbocycles. The second-order valence-corrected chi connectivity index (χ2v) is 10.5. The third kappa shape index (κ3) is 5.04. The number of anilines is 1. The molecule has 0 radical (unpaired) electrons. The zero-order valence-corrected chi connectivity index (χ0v) is 20.8. The van der Waals surface area contributed by atoms with Crippen molar-refractivity contribution in [2.75, 3.05) is 37.6 Å². The summed E-state index contributed by atoms with van der Waals surface area (Å²) >= 11 is 6.35. The number of likely N-dealkylation sites (tertiary alicyclic amines) is 1. The Morgan fingerprint density at radius 3 is 2.49 bits per heavy atom. The molecule has 2 fully saturated rings. The summed E-state index contributed by atoms with van der Waals surface area (Å²) in [6.45, 7) is 2.47. The Bertz CT molecular complexity index is 1270. The standard InChI is InChI=1S/C25H26ClF4N7/c26-18-1-3-21-17(9-18)11-36(20-12-34(13-20)15-25(28,29)30)14-23-32-33-24(37(21)23)16-5-7-35(8-6-16)22-4-2-19(27)10-31-22/h1-4,9-10,16,20H,5-8,11-15H2. The molecule has 3 aromatic rings. The molecule has 2 aromatic heterocycles. The predicted molar refractivity (Wildman–Crippen MR) is 130 cm³/mol. The Balaban J connectivity index is 1.23. The minimum Gasteiger partial charge on any atom is -0.357 e. The summed E-state index contributed by atoms with van der Waals surface area (Å²) in [6, 6.07) is 8.88. The van der Waals surface area contributed by atoms with Crippen LogP contribution in [0.25, 0.3) is 5.69 Å². The van der Waals surface area contributed by atoms with Gasteiger partial charge in [0.2, 0.25) is 0 Å². The number of piperidine rings is 1. The van der Waals surface area contributed by atoms with Crippen molar-refractivity contribution in [3.05, 3.63) is 64.6 Å². The lowest BCUT2D eigenvalue weighted by molar-refractivity contribution is -0.161. The van der Waals surface area contributed by atoms with Crippen LogP contribution in [-0.2, 0) is 13.1 Å². The highest BCUT2D eigenvalue weighted by atomic mass is 35.5. The number of alkyl halides is 3. The first kappa shape index (κ1) is 24.6. The van der Waals surface area contributed by atoms with Crippen molar-refractivity contribution in [2.24, 2.45) is 0 Å². The fourth-order valence-corrected chi connectivity index (χ4v) is 5.85. The van der Waals surface area contributed by atoms with Crippen LogP contribution in [0.5, 0.6) is 0 Å². The molecule has 5 heterocycles. The average Bonchev–Trinajstić information content (AvgIpc) is 3.17. The molecular formula is C25H26ClF4N7. The fourth-order valence-electron chi connectivity index (χ4n) is 5.65. The van der Waals surface area contributed by atoms with Gasteiger partial charge >= 0.3 is 6.18 Å². The van der Waals surface area contributed by atoms with Gasteiger partial charge in [0.05, 0.1) is 25.0 Å². The number of hydrogen-bond donors (Lipinski definition) is 0. The van der Waals surface area contributed by atoms with Crippen LogP contribution >= 0.6 is 11.6 Å². The van der Waals surface area contributed by atoms with Gasteiger partial charge in [0.1, 0.15) is 17.5 Å². The number of benzene rings is 1. The van der Waals surface area contributed by atoms with E-state index in [2.05, 4.69) is 29.5 Å². The van der Waals surface area contributed by atoms with Gasteiger partial charge < -0.3 is 4.90 Å². The van der Waals surface area contributed by atoms with Crippen LogP contribution in [0.4, 0.5) is 23.4 Å². The van der Waals surface area contributed by atoms with E-state index < -0.39 is 12.7 Å². The van der Waals surface area contributed by atoms with Crippen molar-refractivity contribution in [3.8, 4) is 5.69 Å². The maximum absolute atomic E-state index is 13.3. The SMILES string of the molecule is Fc1ccc(N2CCC(c3nnc4n3-c3ccc(Cl)cc3CN(C3CN(CC(F)(F)F)C3)C4)CC2)nc1. The fraction of sp³-hybridized carbons (Fsp3) is 0.480. The summed E-state index contributed by atoms with van der Waals surface area (Å²) in [7, 11) is 0. The minimum atomic E-state index is -4.19. The van der Waals surface area contributed by atoms with Crippen molar-refractivity contribution in [3.63, 3.8) is 0 Å². The van der Waals surface area contributed by atoms with Crippen LogP contribution in [0.15, 0.2) is 36.5 Å². The van der Waals surface area contributed by atoms with E-state index in [0.29, 0.717) is 31.2 Å². The molecule has 0 bridgehead atoms. The third-order valence-corrected chi connectivity index (χ3v) is 7.74. The zero-order valence-electron chi connectivity index (χ0n) is 20.0. The van der Waals surface area contributed by atoms with Crippen molar-refractivity contribution < 1.29 is 17.6 Å². The summed E-state index contributed by atoms with van der Waals surface area (Å²) in [5, 5.41) is 9.77. The van der Waals surface area contributed by atoms with E-state index in [1.165, 1.54) is 17.2 Å². The van der Waals surface area contributed by atoms with Gasteiger partial charge in [-0.05, 0) is 48.7 Å². The Labute approximate surface area is 216 Å². The number of hydrogen-bond acceptors (Lipinski definition) is 6. The largest absolute Gasteiger partial charge is 0.401 e. The first-order valence-corrected chi connectivity index (χ1v) is 12.7. The van der Waals surface area contributed by atoms with Crippen molar-refractivity contribution in [1.82, 2.24) is 29.5 Å². The number of rotatable bonds is 4. The topological polar surface area (TPSA) is 53.3 Å². The van der Waals surface area contributed by atoms with E-state index in [1.807, 2.05) is 18.2 Å². The quantitative estimate of drug-likeness (QED) is 0.462. The van der Waals surface area contributed by atoms with Gasteiger partial charge in [0.15, 0.2) is 5.82 Å². The summed E-state index contributed by atoms with van der Waals surface area (Å²) in [6.07, 6.45) is -1.27. The van der Waals surface area contributed by atoms with Crippen molar-refractivity contribution in [2.45, 2.75) is 44.1 Å². The summed E-state index contributed by atoms with van der Waals surface area (Å²) in [5.74, 6) is 2.26. The van der Waals surface area contributed by atoms with Gasteiger partial charge in [-0.3, -0.25) is 14.4 Å². The van der Waals surface area contributed by atoms with E-state index in [0.717, 1.165) is 54.6 Å². The van der Waals surface area contributed by atoms with Crippen molar-refractivity contribution in [1.29, 1.82) is 0 Å². The number of aromatic nitrogens is 4. The molecular weight excluding hydrogens is 510 g/mol. The van der Waals surface area contributed by atoms with Gasteiger partial charge in [0, 0.05) is 49.7 Å². The van der Waals surface area contributed by atoms with Crippen LogP contribution < -0.4 is 4.90 Å². The molecule has 6 rings (SSSR count). The Morgan fingerprint density at radius 2 is 1.78 bits per heavy atom. The minimum absolute atomic E-state index is 0.00679. The molecule has 3 aliphatic rings. The first-order chi connectivity index (χ1) is 17.7. The lowest BCUT2D eigenvalue weighted by Crippen LogP contribution is -2.60. The highest BCUT2D eigenvalue weighted by Gasteiger charge is 2.40. The summed E-state index contributed by atoms with van der Waals surface area (Å²) in [5.41, 5.74) is 1.98. The van der Waals surface area contributed by atoms with E-state index >= 15 is 0 Å². The molecule has 12 heteroatoms. The van der Waals surface area contributed by atoms with Gasteiger partial charge in [-0.2, -0.15) is 13.2 Å². The zero-order chi connectivity index (χ0) is 25.7. The predicted octanol–water partition coefficient (Wildman–Crippen LogP) is 4.40. The summed E-state index contributed by atoms with van der Waals surface area (Å²) in [4.78, 5) is 9.96. The van der Waals surface area contributed by atoms with Crippen molar-refractivity contribution >= 4 is 17.4 Å². The number of pyridine rings is 1. The number of halogens is 5. The van der Waals surface area contributed by atoms with E-state index in [1.54, 1.807) is 6.07 Å². The average molecular weight is 536 g/mol. The maximum Gasteiger partial charge on any atom is 0.401 e. The van der Waals surface area contributed by atoms with Crippen LogP contribution in [0, 0.1) is 5.82 Å².